The zero-order valence-corrected chi connectivity index (χ0v) is 16.0. The quantitative estimate of drug-likeness (QED) is 0.587. The van der Waals surface area contributed by atoms with E-state index in [1.165, 1.54) is 41.5 Å². The predicted molar refractivity (Wildman–Crippen MR) is 110 cm³/mol. The summed E-state index contributed by atoms with van der Waals surface area (Å²) in [5.74, 6) is 0.468. The molecule has 0 saturated carbocycles. The number of guanidine groups is 1. The van der Waals surface area contributed by atoms with Crippen molar-refractivity contribution in [2.24, 2.45) is 10.7 Å². The first-order chi connectivity index (χ1) is 12.7. The summed E-state index contributed by atoms with van der Waals surface area (Å²) < 4.78 is 0. The Labute approximate surface area is 157 Å². The predicted octanol–water partition coefficient (Wildman–Crippen LogP) is 3.94. The zero-order chi connectivity index (χ0) is 18.4. The van der Waals surface area contributed by atoms with Gasteiger partial charge in [0.2, 0.25) is 0 Å². The standard InChI is InChI=1S/C22H30N4/c1-3-26(4-2)16-18-10-8-17(9-11-18)15-24-22(23)25-21-13-12-19-6-5-7-20(19)14-21/h8-14H,3-7,15-16H2,1-2H3,(H3,23,24,25). The van der Waals surface area contributed by atoms with Gasteiger partial charge in [0.15, 0.2) is 5.96 Å². The molecule has 138 valence electrons. The highest BCUT2D eigenvalue weighted by molar-refractivity contribution is 5.92. The van der Waals surface area contributed by atoms with Crippen LogP contribution < -0.4 is 11.1 Å². The summed E-state index contributed by atoms with van der Waals surface area (Å²) in [6.45, 7) is 8.14. The maximum Gasteiger partial charge on any atom is 0.193 e. The first kappa shape index (κ1) is 18.5. The summed E-state index contributed by atoms with van der Waals surface area (Å²) in [4.78, 5) is 6.89. The van der Waals surface area contributed by atoms with Gasteiger partial charge >= 0.3 is 0 Å². The van der Waals surface area contributed by atoms with Crippen molar-refractivity contribution in [2.75, 3.05) is 18.4 Å². The van der Waals surface area contributed by atoms with E-state index in [9.17, 15) is 0 Å². The number of hydrogen-bond donors (Lipinski definition) is 2. The Morgan fingerprint density at radius 3 is 2.42 bits per heavy atom. The number of fused-ring (bicyclic) bond motifs is 1. The van der Waals surface area contributed by atoms with E-state index >= 15 is 0 Å². The molecule has 0 saturated heterocycles. The van der Waals surface area contributed by atoms with Crippen molar-refractivity contribution in [3.05, 3.63) is 64.7 Å². The molecule has 3 rings (SSSR count). The zero-order valence-electron chi connectivity index (χ0n) is 16.0. The Hall–Kier alpha value is -2.33. The molecular formula is C22H30N4. The van der Waals surface area contributed by atoms with Crippen LogP contribution >= 0.6 is 0 Å². The van der Waals surface area contributed by atoms with E-state index in [1.807, 2.05) is 0 Å². The van der Waals surface area contributed by atoms with E-state index in [0.29, 0.717) is 12.5 Å². The maximum atomic E-state index is 6.06. The Morgan fingerprint density at radius 2 is 1.69 bits per heavy atom. The largest absolute Gasteiger partial charge is 0.370 e. The molecule has 2 aromatic carbocycles. The van der Waals surface area contributed by atoms with Gasteiger partial charge < -0.3 is 11.1 Å². The van der Waals surface area contributed by atoms with Crippen molar-refractivity contribution < 1.29 is 0 Å². The molecule has 0 heterocycles. The summed E-state index contributed by atoms with van der Waals surface area (Å²) in [5.41, 5.74) is 12.5. The van der Waals surface area contributed by atoms with Crippen LogP contribution in [0, 0.1) is 0 Å². The maximum absolute atomic E-state index is 6.06. The lowest BCUT2D eigenvalue weighted by Gasteiger charge is -2.17. The normalized spacial score (nSPS) is 13.9. The third kappa shape index (κ3) is 4.85. The molecule has 0 radical (unpaired) electrons. The molecule has 0 unspecified atom stereocenters. The van der Waals surface area contributed by atoms with Crippen molar-refractivity contribution in [1.29, 1.82) is 0 Å². The van der Waals surface area contributed by atoms with Gasteiger partial charge in [0.1, 0.15) is 0 Å². The van der Waals surface area contributed by atoms with Gasteiger partial charge in [0.05, 0.1) is 6.54 Å². The molecule has 0 bridgehead atoms. The van der Waals surface area contributed by atoms with Crippen LogP contribution in [0.1, 0.15) is 42.5 Å². The van der Waals surface area contributed by atoms with E-state index in [2.05, 4.69) is 71.5 Å². The second-order valence-electron chi connectivity index (χ2n) is 6.94. The summed E-state index contributed by atoms with van der Waals surface area (Å²) >= 11 is 0. The number of nitrogens with one attached hydrogen (secondary N) is 1. The van der Waals surface area contributed by atoms with E-state index in [4.69, 9.17) is 5.73 Å². The van der Waals surface area contributed by atoms with Crippen LogP contribution in [0.25, 0.3) is 0 Å². The first-order valence-corrected chi connectivity index (χ1v) is 9.67. The fourth-order valence-electron chi connectivity index (χ4n) is 3.47. The Morgan fingerprint density at radius 1 is 1.00 bits per heavy atom. The highest BCUT2D eigenvalue weighted by atomic mass is 15.1. The van der Waals surface area contributed by atoms with Gasteiger partial charge in [0, 0.05) is 12.2 Å². The smallest absolute Gasteiger partial charge is 0.193 e. The van der Waals surface area contributed by atoms with Crippen molar-refractivity contribution in [2.45, 2.75) is 46.2 Å². The van der Waals surface area contributed by atoms with Crippen LogP contribution in [0.15, 0.2) is 47.5 Å². The summed E-state index contributed by atoms with van der Waals surface area (Å²) in [5, 5.41) is 3.22. The van der Waals surface area contributed by atoms with E-state index in [0.717, 1.165) is 25.3 Å². The number of anilines is 1. The van der Waals surface area contributed by atoms with Gasteiger partial charge in [-0.25, -0.2) is 4.99 Å². The number of nitrogens with two attached hydrogens (primary N) is 1. The van der Waals surface area contributed by atoms with Crippen molar-refractivity contribution in [3.63, 3.8) is 0 Å². The molecule has 0 spiro atoms. The number of benzene rings is 2. The minimum Gasteiger partial charge on any atom is -0.370 e. The summed E-state index contributed by atoms with van der Waals surface area (Å²) in [6.07, 6.45) is 3.62. The van der Waals surface area contributed by atoms with Crippen LogP contribution in [0.4, 0.5) is 5.69 Å². The summed E-state index contributed by atoms with van der Waals surface area (Å²) in [7, 11) is 0. The van der Waals surface area contributed by atoms with Crippen molar-refractivity contribution >= 4 is 11.6 Å². The molecule has 1 aliphatic carbocycles. The lowest BCUT2D eigenvalue weighted by molar-refractivity contribution is 0.296. The topological polar surface area (TPSA) is 53.6 Å². The minimum atomic E-state index is 0.468. The fraction of sp³-hybridized carbons (Fsp3) is 0.409. The monoisotopic (exact) mass is 350 g/mol. The minimum absolute atomic E-state index is 0.468. The number of aliphatic imine (C=N–C) groups is 1. The van der Waals surface area contributed by atoms with Crippen LogP contribution in [0.5, 0.6) is 0 Å². The molecule has 4 heteroatoms. The van der Waals surface area contributed by atoms with Crippen LogP contribution in [0.2, 0.25) is 0 Å². The molecular weight excluding hydrogens is 320 g/mol. The number of hydrogen-bond acceptors (Lipinski definition) is 2. The van der Waals surface area contributed by atoms with Crippen LogP contribution in [-0.2, 0) is 25.9 Å². The molecule has 1 aliphatic rings. The SMILES string of the molecule is CCN(CC)Cc1ccc(CN=C(N)Nc2ccc3c(c2)CCC3)cc1. The molecule has 4 nitrogen and oxygen atoms in total. The third-order valence-corrected chi connectivity index (χ3v) is 5.13. The second-order valence-corrected chi connectivity index (χ2v) is 6.94. The fourth-order valence-corrected chi connectivity index (χ4v) is 3.47. The first-order valence-electron chi connectivity index (χ1n) is 9.67. The van der Waals surface area contributed by atoms with Crippen LogP contribution in [-0.4, -0.2) is 23.9 Å². The van der Waals surface area contributed by atoms with Gasteiger partial charge in [-0.3, -0.25) is 4.90 Å². The van der Waals surface area contributed by atoms with Gasteiger partial charge in [-0.1, -0.05) is 44.2 Å². The molecule has 0 aromatic heterocycles. The van der Waals surface area contributed by atoms with Gasteiger partial charge in [-0.15, -0.1) is 0 Å². The average molecular weight is 351 g/mol. The Kier molecular flexibility index (Phi) is 6.29. The molecule has 2 aromatic rings. The molecule has 26 heavy (non-hydrogen) atoms. The average Bonchev–Trinajstić information content (AvgIpc) is 3.13. The number of rotatable bonds is 7. The summed E-state index contributed by atoms with van der Waals surface area (Å²) in [6, 6.07) is 15.2. The molecule has 0 fully saturated rings. The highest BCUT2D eigenvalue weighted by Crippen LogP contribution is 2.24. The van der Waals surface area contributed by atoms with E-state index in [1.54, 1.807) is 0 Å². The highest BCUT2D eigenvalue weighted by Gasteiger charge is 2.10. The Bertz CT molecular complexity index is 745. The van der Waals surface area contributed by atoms with Crippen LogP contribution in [0.3, 0.4) is 0 Å². The molecule has 3 N–H and O–H groups in total. The molecule has 0 atom stereocenters. The number of aryl methyl sites for hydroxylation is 2. The Balaban J connectivity index is 1.55. The van der Waals surface area contributed by atoms with Crippen molar-refractivity contribution in [1.82, 2.24) is 4.90 Å². The van der Waals surface area contributed by atoms with Gasteiger partial charge in [-0.05, 0) is 66.7 Å². The van der Waals surface area contributed by atoms with Gasteiger partial charge in [0.25, 0.3) is 0 Å². The van der Waals surface area contributed by atoms with E-state index < -0.39 is 0 Å². The molecule has 0 aliphatic heterocycles. The molecule has 0 amide bonds. The van der Waals surface area contributed by atoms with Gasteiger partial charge in [-0.2, -0.15) is 0 Å². The lowest BCUT2D eigenvalue weighted by atomic mass is 10.1. The van der Waals surface area contributed by atoms with Crippen molar-refractivity contribution in [3.8, 4) is 0 Å². The lowest BCUT2D eigenvalue weighted by Crippen LogP contribution is -2.22. The number of nitrogens with zero attached hydrogens (tertiary/aromatic N) is 2. The van der Waals surface area contributed by atoms with E-state index in [-0.39, 0.29) is 0 Å². The third-order valence-electron chi connectivity index (χ3n) is 5.13. The second kappa shape index (κ2) is 8.86.